The number of carboxylic acids is 1. The second-order valence-electron chi connectivity index (χ2n) is 4.79. The Morgan fingerprint density at radius 2 is 2.05 bits per heavy atom. The molecule has 1 aliphatic rings. The molecule has 5 nitrogen and oxygen atoms in total. The smallest absolute Gasteiger partial charge is 0.335 e. The van der Waals surface area contributed by atoms with Crippen molar-refractivity contribution < 1.29 is 19.4 Å². The summed E-state index contributed by atoms with van der Waals surface area (Å²) < 4.78 is 5.31. The molecule has 0 spiro atoms. The molecule has 1 saturated carbocycles. The monoisotopic (exact) mass is 297 g/mol. The van der Waals surface area contributed by atoms with E-state index in [4.69, 9.17) is 21.4 Å². The molecule has 0 radical (unpaired) electrons. The predicted molar refractivity (Wildman–Crippen MR) is 74.3 cm³/mol. The third kappa shape index (κ3) is 3.87. The molecule has 1 aromatic carbocycles. The summed E-state index contributed by atoms with van der Waals surface area (Å²) in [6.45, 7) is -0.122. The average Bonchev–Trinajstić information content (AvgIpc) is 2.90. The highest BCUT2D eigenvalue weighted by atomic mass is 35.5. The minimum absolute atomic E-state index is 0.0813. The summed E-state index contributed by atoms with van der Waals surface area (Å²) in [4.78, 5) is 22.4. The summed E-state index contributed by atoms with van der Waals surface area (Å²) in [5.41, 5.74) is 0.0813. The molecule has 0 aliphatic heterocycles. The zero-order valence-electron chi connectivity index (χ0n) is 10.9. The largest absolute Gasteiger partial charge is 0.482 e. The van der Waals surface area contributed by atoms with Crippen molar-refractivity contribution in [1.29, 1.82) is 0 Å². The molecule has 20 heavy (non-hydrogen) atoms. The average molecular weight is 298 g/mol. The van der Waals surface area contributed by atoms with Crippen LogP contribution in [0.5, 0.6) is 5.75 Å². The summed E-state index contributed by atoms with van der Waals surface area (Å²) in [6.07, 6.45) is 4.32. The van der Waals surface area contributed by atoms with Gasteiger partial charge in [-0.15, -0.1) is 0 Å². The van der Waals surface area contributed by atoms with Crippen LogP contribution in [0.1, 0.15) is 36.0 Å². The van der Waals surface area contributed by atoms with Gasteiger partial charge in [-0.2, -0.15) is 0 Å². The first-order valence-electron chi connectivity index (χ1n) is 6.51. The first kappa shape index (κ1) is 14.7. The Labute approximate surface area is 121 Å². The number of rotatable bonds is 5. The van der Waals surface area contributed by atoms with Crippen LogP contribution in [0.15, 0.2) is 18.2 Å². The lowest BCUT2D eigenvalue weighted by atomic mass is 10.2. The Morgan fingerprint density at radius 3 is 2.65 bits per heavy atom. The van der Waals surface area contributed by atoms with Gasteiger partial charge < -0.3 is 15.2 Å². The third-order valence-corrected chi connectivity index (χ3v) is 3.55. The van der Waals surface area contributed by atoms with Crippen molar-refractivity contribution in [3.63, 3.8) is 0 Å². The van der Waals surface area contributed by atoms with E-state index in [0.717, 1.165) is 25.7 Å². The van der Waals surface area contributed by atoms with E-state index in [9.17, 15) is 9.59 Å². The van der Waals surface area contributed by atoms with Crippen molar-refractivity contribution in [2.24, 2.45) is 0 Å². The summed E-state index contributed by atoms with van der Waals surface area (Å²) in [7, 11) is 0. The lowest BCUT2D eigenvalue weighted by molar-refractivity contribution is -0.123. The Kier molecular flexibility index (Phi) is 4.84. The van der Waals surface area contributed by atoms with Crippen molar-refractivity contribution >= 4 is 23.5 Å². The lowest BCUT2D eigenvalue weighted by Crippen LogP contribution is -2.36. The van der Waals surface area contributed by atoms with Crippen LogP contribution in [-0.4, -0.2) is 29.6 Å². The van der Waals surface area contributed by atoms with E-state index < -0.39 is 5.97 Å². The summed E-state index contributed by atoms with van der Waals surface area (Å²) in [5.74, 6) is -0.939. The fourth-order valence-corrected chi connectivity index (χ4v) is 2.47. The Hall–Kier alpha value is -1.75. The quantitative estimate of drug-likeness (QED) is 0.875. The van der Waals surface area contributed by atoms with Gasteiger partial charge in [0.05, 0.1) is 10.6 Å². The van der Waals surface area contributed by atoms with Crippen molar-refractivity contribution in [1.82, 2.24) is 5.32 Å². The Balaban J connectivity index is 1.86. The highest BCUT2D eigenvalue weighted by molar-refractivity contribution is 6.32. The molecule has 0 heterocycles. The zero-order valence-corrected chi connectivity index (χ0v) is 11.7. The molecule has 2 N–H and O–H groups in total. The molecule has 1 fully saturated rings. The number of carbonyl (C=O) groups excluding carboxylic acids is 1. The number of halogens is 1. The van der Waals surface area contributed by atoms with E-state index in [0.29, 0.717) is 5.75 Å². The van der Waals surface area contributed by atoms with Gasteiger partial charge in [0.1, 0.15) is 5.75 Å². The molecule has 1 aromatic rings. The zero-order chi connectivity index (χ0) is 14.5. The van der Waals surface area contributed by atoms with Crippen LogP contribution in [-0.2, 0) is 4.79 Å². The van der Waals surface area contributed by atoms with Crippen LogP contribution in [0.2, 0.25) is 5.02 Å². The number of ether oxygens (including phenoxy) is 1. The van der Waals surface area contributed by atoms with Gasteiger partial charge in [-0.3, -0.25) is 4.79 Å². The number of amides is 1. The lowest BCUT2D eigenvalue weighted by Gasteiger charge is -2.13. The number of carboxylic acid groups (broad SMARTS) is 1. The molecule has 0 unspecified atom stereocenters. The number of nitrogens with one attached hydrogen (secondary N) is 1. The topological polar surface area (TPSA) is 75.6 Å². The number of hydrogen-bond acceptors (Lipinski definition) is 3. The van der Waals surface area contributed by atoms with Crippen LogP contribution in [0.25, 0.3) is 0 Å². The molecule has 2 rings (SSSR count). The van der Waals surface area contributed by atoms with E-state index in [1.165, 1.54) is 18.2 Å². The van der Waals surface area contributed by atoms with E-state index in [1.54, 1.807) is 0 Å². The van der Waals surface area contributed by atoms with Crippen LogP contribution in [0, 0.1) is 0 Å². The SMILES string of the molecule is O=C(COc1ccc(C(=O)O)cc1Cl)NC1CCCC1. The first-order chi connectivity index (χ1) is 9.56. The van der Waals surface area contributed by atoms with Crippen LogP contribution in [0.3, 0.4) is 0 Å². The summed E-state index contributed by atoms with van der Waals surface area (Å²) in [6, 6.07) is 4.39. The van der Waals surface area contributed by atoms with Crippen molar-refractivity contribution in [2.75, 3.05) is 6.61 Å². The number of carbonyl (C=O) groups is 2. The van der Waals surface area contributed by atoms with E-state index in [2.05, 4.69) is 5.32 Å². The summed E-state index contributed by atoms with van der Waals surface area (Å²) in [5, 5.41) is 11.9. The molecular weight excluding hydrogens is 282 g/mol. The molecule has 6 heteroatoms. The van der Waals surface area contributed by atoms with Crippen LogP contribution in [0.4, 0.5) is 0 Å². The maximum Gasteiger partial charge on any atom is 0.335 e. The normalized spacial score (nSPS) is 15.1. The van der Waals surface area contributed by atoms with Gasteiger partial charge >= 0.3 is 5.97 Å². The fraction of sp³-hybridized carbons (Fsp3) is 0.429. The highest BCUT2D eigenvalue weighted by Gasteiger charge is 2.17. The van der Waals surface area contributed by atoms with Crippen molar-refractivity contribution in [3.8, 4) is 5.75 Å². The molecule has 1 amide bonds. The first-order valence-corrected chi connectivity index (χ1v) is 6.89. The van der Waals surface area contributed by atoms with Gasteiger partial charge in [-0.1, -0.05) is 24.4 Å². The molecule has 0 atom stereocenters. The van der Waals surface area contributed by atoms with E-state index in [-0.39, 0.29) is 29.1 Å². The minimum Gasteiger partial charge on any atom is -0.482 e. The van der Waals surface area contributed by atoms with E-state index in [1.807, 2.05) is 0 Å². The fourth-order valence-electron chi connectivity index (χ4n) is 2.23. The maximum absolute atomic E-state index is 11.7. The molecular formula is C14H16ClNO4. The molecule has 108 valence electrons. The van der Waals surface area contributed by atoms with Gasteiger partial charge in [-0.25, -0.2) is 4.79 Å². The maximum atomic E-state index is 11.7. The Morgan fingerprint density at radius 1 is 1.35 bits per heavy atom. The van der Waals surface area contributed by atoms with Crippen LogP contribution < -0.4 is 10.1 Å². The van der Waals surface area contributed by atoms with E-state index >= 15 is 0 Å². The number of hydrogen-bond donors (Lipinski definition) is 2. The number of aromatic carboxylic acids is 1. The molecule has 0 saturated heterocycles. The number of benzene rings is 1. The molecule has 0 bridgehead atoms. The molecule has 1 aliphatic carbocycles. The predicted octanol–water partition coefficient (Wildman–Crippen LogP) is 2.48. The second kappa shape index (κ2) is 6.61. The van der Waals surface area contributed by atoms with Gasteiger partial charge in [-0.05, 0) is 31.0 Å². The van der Waals surface area contributed by atoms with Gasteiger partial charge in [0.2, 0.25) is 0 Å². The standard InChI is InChI=1S/C14H16ClNO4/c15-11-7-9(14(18)19)5-6-12(11)20-8-13(17)16-10-3-1-2-4-10/h5-7,10H,1-4,8H2,(H,16,17)(H,18,19). The molecule has 0 aromatic heterocycles. The van der Waals surface area contributed by atoms with Gasteiger partial charge in [0.25, 0.3) is 5.91 Å². The second-order valence-corrected chi connectivity index (χ2v) is 5.20. The van der Waals surface area contributed by atoms with Crippen LogP contribution >= 0.6 is 11.6 Å². The minimum atomic E-state index is -1.06. The van der Waals surface area contributed by atoms with Crippen molar-refractivity contribution in [2.45, 2.75) is 31.7 Å². The highest BCUT2D eigenvalue weighted by Crippen LogP contribution is 2.25. The summed E-state index contributed by atoms with van der Waals surface area (Å²) >= 11 is 5.91. The Bertz CT molecular complexity index is 512. The third-order valence-electron chi connectivity index (χ3n) is 3.26. The van der Waals surface area contributed by atoms with Crippen molar-refractivity contribution in [3.05, 3.63) is 28.8 Å². The van der Waals surface area contributed by atoms with Gasteiger partial charge in [0, 0.05) is 6.04 Å². The van der Waals surface area contributed by atoms with Gasteiger partial charge in [0.15, 0.2) is 6.61 Å².